The van der Waals surface area contributed by atoms with Gasteiger partial charge in [0.15, 0.2) is 5.69 Å². The second kappa shape index (κ2) is 6.93. The van der Waals surface area contributed by atoms with Gasteiger partial charge >= 0.3 is 0 Å². The molecule has 8 heteroatoms. The predicted octanol–water partition coefficient (Wildman–Crippen LogP) is 3.48. The Labute approximate surface area is 169 Å². The van der Waals surface area contributed by atoms with Gasteiger partial charge in [0, 0.05) is 29.9 Å². The number of fused-ring (bicyclic) bond motifs is 1. The Morgan fingerprint density at radius 2 is 1.87 bits per heavy atom. The fourth-order valence-electron chi connectivity index (χ4n) is 3.33. The van der Waals surface area contributed by atoms with E-state index >= 15 is 0 Å². The molecule has 0 amide bonds. The Kier molecular flexibility index (Phi) is 4.10. The number of halogens is 1. The first-order valence-corrected chi connectivity index (χ1v) is 9.08. The van der Waals surface area contributed by atoms with Crippen molar-refractivity contribution >= 4 is 10.9 Å². The van der Waals surface area contributed by atoms with Crippen molar-refractivity contribution in [2.24, 2.45) is 0 Å². The second-order valence-electron chi connectivity index (χ2n) is 6.61. The molecule has 0 atom stereocenters. The summed E-state index contributed by atoms with van der Waals surface area (Å²) in [6, 6.07) is 15.6. The number of phenolic OH excluding ortho intramolecular Hbond substituents is 1. The summed E-state index contributed by atoms with van der Waals surface area (Å²) in [7, 11) is 0. The first-order chi connectivity index (χ1) is 14.6. The number of phenols is 1. The highest BCUT2D eigenvalue weighted by atomic mass is 19.1. The first-order valence-electron chi connectivity index (χ1n) is 9.08. The van der Waals surface area contributed by atoms with Crippen LogP contribution in [0.4, 0.5) is 4.39 Å². The number of aromatic hydroxyl groups is 1. The third-order valence-corrected chi connectivity index (χ3v) is 4.70. The number of hydrogen-bond donors (Lipinski definition) is 1. The summed E-state index contributed by atoms with van der Waals surface area (Å²) in [6.45, 7) is 0. The predicted molar refractivity (Wildman–Crippen MR) is 109 cm³/mol. The molecule has 5 aromatic rings. The molecule has 0 unspecified atom stereocenters. The lowest BCUT2D eigenvalue weighted by atomic mass is 10.1. The van der Waals surface area contributed by atoms with Crippen molar-refractivity contribution < 1.29 is 9.50 Å². The van der Waals surface area contributed by atoms with Crippen LogP contribution in [0.5, 0.6) is 5.75 Å². The maximum atomic E-state index is 13.9. The molecule has 5 rings (SSSR count). The van der Waals surface area contributed by atoms with Gasteiger partial charge in [-0.05, 0) is 42.5 Å². The Balaban J connectivity index is 1.71. The summed E-state index contributed by atoms with van der Waals surface area (Å²) >= 11 is 0. The van der Waals surface area contributed by atoms with Crippen molar-refractivity contribution in [2.45, 2.75) is 0 Å². The van der Waals surface area contributed by atoms with E-state index in [-0.39, 0.29) is 16.9 Å². The lowest BCUT2D eigenvalue weighted by Crippen LogP contribution is -2.15. The van der Waals surface area contributed by atoms with E-state index in [4.69, 9.17) is 0 Å². The molecule has 146 valence electrons. The molecule has 0 aliphatic rings. The average Bonchev–Trinajstić information content (AvgIpc) is 3.23. The third kappa shape index (κ3) is 3.00. The maximum Gasteiger partial charge on any atom is 0.209 e. The van der Waals surface area contributed by atoms with Gasteiger partial charge in [-0.25, -0.2) is 13.8 Å². The standard InChI is InChI=1S/C22H14FN5O2/c23-14-4-5-18-17(12-14)19(6-9-24-18)28-20(7-10-25-28)22-21(30)8-11-27(26-22)15-2-1-3-16(29)13-15/h1-13,29H. The molecule has 0 bridgehead atoms. The van der Waals surface area contributed by atoms with E-state index in [9.17, 15) is 14.3 Å². The third-order valence-electron chi connectivity index (χ3n) is 4.70. The molecule has 3 aromatic heterocycles. The molecule has 30 heavy (non-hydrogen) atoms. The van der Waals surface area contributed by atoms with Crippen molar-refractivity contribution in [3.05, 3.63) is 95.3 Å². The lowest BCUT2D eigenvalue weighted by Gasteiger charge is -2.11. The fraction of sp³-hybridized carbons (Fsp3) is 0. The fourth-order valence-corrected chi connectivity index (χ4v) is 3.33. The van der Waals surface area contributed by atoms with Crippen molar-refractivity contribution in [3.63, 3.8) is 0 Å². The van der Waals surface area contributed by atoms with Crippen molar-refractivity contribution in [1.82, 2.24) is 24.5 Å². The Morgan fingerprint density at radius 3 is 2.73 bits per heavy atom. The van der Waals surface area contributed by atoms with Crippen LogP contribution in [0, 0.1) is 5.82 Å². The van der Waals surface area contributed by atoms with Crippen LogP contribution >= 0.6 is 0 Å². The van der Waals surface area contributed by atoms with Crippen LogP contribution in [0.15, 0.2) is 84.0 Å². The molecule has 1 N–H and O–H groups in total. The molecule has 0 aliphatic carbocycles. The van der Waals surface area contributed by atoms with E-state index in [1.54, 1.807) is 53.5 Å². The number of hydrogen-bond acceptors (Lipinski definition) is 5. The zero-order valence-electron chi connectivity index (χ0n) is 15.5. The van der Waals surface area contributed by atoms with Crippen LogP contribution in [0.25, 0.3) is 33.7 Å². The van der Waals surface area contributed by atoms with Crippen molar-refractivity contribution in [2.75, 3.05) is 0 Å². The zero-order valence-corrected chi connectivity index (χ0v) is 15.5. The number of rotatable bonds is 3. The lowest BCUT2D eigenvalue weighted by molar-refractivity contribution is 0.475. The van der Waals surface area contributed by atoms with E-state index in [2.05, 4.69) is 15.2 Å². The minimum atomic E-state index is -0.394. The highest BCUT2D eigenvalue weighted by Gasteiger charge is 2.16. The summed E-state index contributed by atoms with van der Waals surface area (Å²) in [5.41, 5.74) is 2.10. The van der Waals surface area contributed by atoms with E-state index in [0.717, 1.165) is 0 Å². The van der Waals surface area contributed by atoms with E-state index in [0.29, 0.717) is 28.0 Å². The summed E-state index contributed by atoms with van der Waals surface area (Å²) in [6.07, 6.45) is 4.68. The van der Waals surface area contributed by atoms with Crippen LogP contribution in [-0.4, -0.2) is 29.7 Å². The number of pyridine rings is 1. The number of aromatic nitrogens is 5. The Bertz CT molecular complexity index is 1460. The van der Waals surface area contributed by atoms with Crippen LogP contribution in [-0.2, 0) is 0 Å². The normalized spacial score (nSPS) is 11.1. The van der Waals surface area contributed by atoms with Crippen LogP contribution in [0.1, 0.15) is 0 Å². The van der Waals surface area contributed by atoms with Gasteiger partial charge in [-0.3, -0.25) is 9.78 Å². The highest BCUT2D eigenvalue weighted by molar-refractivity contribution is 5.87. The van der Waals surface area contributed by atoms with Gasteiger partial charge < -0.3 is 5.11 Å². The molecule has 0 radical (unpaired) electrons. The molecule has 0 saturated heterocycles. The van der Waals surface area contributed by atoms with Gasteiger partial charge in [0.05, 0.1) is 28.8 Å². The molecule has 0 saturated carbocycles. The largest absolute Gasteiger partial charge is 0.508 e. The van der Waals surface area contributed by atoms with E-state index in [1.807, 2.05) is 0 Å². The maximum absolute atomic E-state index is 13.9. The molecule has 0 fully saturated rings. The summed E-state index contributed by atoms with van der Waals surface area (Å²) in [4.78, 5) is 16.9. The quantitative estimate of drug-likeness (QED) is 0.502. The van der Waals surface area contributed by atoms with Gasteiger partial charge in [0.1, 0.15) is 11.6 Å². The molecule has 3 heterocycles. The van der Waals surface area contributed by atoms with Crippen molar-refractivity contribution in [1.29, 1.82) is 0 Å². The molecule has 7 nitrogen and oxygen atoms in total. The number of nitrogens with zero attached hydrogens (tertiary/aromatic N) is 5. The SMILES string of the molecule is O=c1ccn(-c2cccc(O)c2)nc1-c1ccnn1-c1ccnc2ccc(F)cc12. The van der Waals surface area contributed by atoms with Gasteiger partial charge in [-0.15, -0.1) is 0 Å². The first kappa shape index (κ1) is 17.7. The van der Waals surface area contributed by atoms with Gasteiger partial charge in [-0.2, -0.15) is 10.2 Å². The second-order valence-corrected chi connectivity index (χ2v) is 6.61. The molecule has 0 aliphatic heterocycles. The van der Waals surface area contributed by atoms with Crippen molar-refractivity contribution in [3.8, 4) is 28.5 Å². The Morgan fingerprint density at radius 1 is 0.967 bits per heavy atom. The molecule has 0 spiro atoms. The Hall–Kier alpha value is -4.33. The highest BCUT2D eigenvalue weighted by Crippen LogP contribution is 2.25. The molecule has 2 aromatic carbocycles. The molecular formula is C22H14FN5O2. The van der Waals surface area contributed by atoms with Gasteiger partial charge in [0.2, 0.25) is 5.43 Å². The minimum absolute atomic E-state index is 0.0878. The van der Waals surface area contributed by atoms with Crippen LogP contribution < -0.4 is 5.43 Å². The smallest absolute Gasteiger partial charge is 0.209 e. The van der Waals surface area contributed by atoms with E-state index < -0.39 is 5.82 Å². The van der Waals surface area contributed by atoms with Crippen LogP contribution in [0.2, 0.25) is 0 Å². The summed E-state index contributed by atoms with van der Waals surface area (Å²) in [5, 5.41) is 19.1. The summed E-state index contributed by atoms with van der Waals surface area (Å²) in [5.74, 6) is -0.306. The van der Waals surface area contributed by atoms with Gasteiger partial charge in [-0.1, -0.05) is 6.07 Å². The zero-order chi connectivity index (χ0) is 20.7. The molecular weight excluding hydrogens is 385 g/mol. The number of benzene rings is 2. The topological polar surface area (TPSA) is 85.8 Å². The van der Waals surface area contributed by atoms with E-state index in [1.165, 1.54) is 35.1 Å². The monoisotopic (exact) mass is 399 g/mol. The minimum Gasteiger partial charge on any atom is -0.508 e. The van der Waals surface area contributed by atoms with Crippen LogP contribution in [0.3, 0.4) is 0 Å². The average molecular weight is 399 g/mol. The summed E-state index contributed by atoms with van der Waals surface area (Å²) < 4.78 is 16.9. The van der Waals surface area contributed by atoms with Gasteiger partial charge in [0.25, 0.3) is 0 Å².